The van der Waals surface area contributed by atoms with Crippen LogP contribution in [0.2, 0.25) is 0 Å². The second-order valence-corrected chi connectivity index (χ2v) is 8.65. The Bertz CT molecular complexity index is 1120. The third-order valence-corrected chi connectivity index (χ3v) is 6.85. The summed E-state index contributed by atoms with van der Waals surface area (Å²) in [7, 11) is 0. The van der Waals surface area contributed by atoms with Crippen LogP contribution in [0.1, 0.15) is 12.5 Å². The van der Waals surface area contributed by atoms with Gasteiger partial charge in [-0.15, -0.1) is 0 Å². The first-order valence-electron chi connectivity index (χ1n) is 10.7. The van der Waals surface area contributed by atoms with E-state index in [0.29, 0.717) is 28.7 Å². The summed E-state index contributed by atoms with van der Waals surface area (Å²) in [5.41, 5.74) is 2.10. The smallest absolute Gasteiger partial charge is 0.414 e. The molecule has 8 heteroatoms. The standard InChI is InChI=1S/C24H23FN4O3/c1-14(30)28-9-18-12-29(23(31)32-18)17-6-7-19(22(25)8-17)15-2-4-16(5-3-15)24(13-26)20-10-27-11-21(20)24/h2-8,18,20-21,27H,9-12H2,1H3,(H,28,30)/t18-,20-,21+,24?/m0/s1. The van der Waals surface area contributed by atoms with Crippen molar-refractivity contribution in [2.45, 2.75) is 18.4 Å². The van der Waals surface area contributed by atoms with Crippen molar-refractivity contribution in [3.05, 3.63) is 53.8 Å². The van der Waals surface area contributed by atoms with Gasteiger partial charge in [0.2, 0.25) is 5.91 Å². The maximum absolute atomic E-state index is 15.0. The molecule has 2 aliphatic heterocycles. The molecule has 0 aromatic heterocycles. The molecule has 5 rings (SSSR count). The lowest BCUT2D eigenvalue weighted by molar-refractivity contribution is -0.119. The molecule has 7 nitrogen and oxygen atoms in total. The Hall–Kier alpha value is -3.44. The monoisotopic (exact) mass is 434 g/mol. The number of anilines is 1. The Morgan fingerprint density at radius 3 is 2.62 bits per heavy atom. The Kier molecular flexibility index (Phi) is 4.86. The highest BCUT2D eigenvalue weighted by Gasteiger charge is 2.68. The third-order valence-electron chi connectivity index (χ3n) is 6.85. The fourth-order valence-corrected chi connectivity index (χ4v) is 5.13. The van der Waals surface area contributed by atoms with Crippen LogP contribution in [0.15, 0.2) is 42.5 Å². The normalized spacial score (nSPS) is 28.1. The number of fused-ring (bicyclic) bond motifs is 1. The molecule has 3 fully saturated rings. The molecule has 0 spiro atoms. The molecule has 3 aliphatic rings. The highest BCUT2D eigenvalue weighted by atomic mass is 19.1. The zero-order valence-electron chi connectivity index (χ0n) is 17.6. The van der Waals surface area contributed by atoms with E-state index in [4.69, 9.17) is 4.74 Å². The first-order chi connectivity index (χ1) is 15.4. The average Bonchev–Trinajstić information content (AvgIpc) is 3.09. The number of rotatable bonds is 5. The number of nitrogens with zero attached hydrogens (tertiary/aromatic N) is 2. The molecule has 0 bridgehead atoms. The van der Waals surface area contributed by atoms with Crippen LogP contribution in [0.5, 0.6) is 0 Å². The Morgan fingerprint density at radius 1 is 1.28 bits per heavy atom. The van der Waals surface area contributed by atoms with Crippen LogP contribution in [-0.2, 0) is 14.9 Å². The van der Waals surface area contributed by atoms with Gasteiger partial charge in [-0.2, -0.15) is 5.26 Å². The van der Waals surface area contributed by atoms with E-state index in [2.05, 4.69) is 16.7 Å². The maximum atomic E-state index is 15.0. The lowest BCUT2D eigenvalue weighted by Crippen LogP contribution is -2.33. The van der Waals surface area contributed by atoms with E-state index in [1.165, 1.54) is 17.9 Å². The van der Waals surface area contributed by atoms with Gasteiger partial charge in [0.15, 0.2) is 0 Å². The van der Waals surface area contributed by atoms with Gasteiger partial charge in [-0.3, -0.25) is 9.69 Å². The quantitative estimate of drug-likeness (QED) is 0.754. The number of piperidine rings is 1. The SMILES string of the molecule is CC(=O)NC[C@H]1CN(c2ccc(-c3ccc(C4(C#N)[C@@H]5CNC[C@@H]54)cc3)c(F)c2)C(=O)O1. The van der Waals surface area contributed by atoms with E-state index >= 15 is 0 Å². The van der Waals surface area contributed by atoms with Crippen LogP contribution in [0.25, 0.3) is 11.1 Å². The van der Waals surface area contributed by atoms with E-state index in [-0.39, 0.29) is 19.0 Å². The molecule has 1 unspecified atom stereocenters. The van der Waals surface area contributed by atoms with Crippen molar-refractivity contribution in [3.8, 4) is 17.2 Å². The number of ether oxygens (including phenoxy) is 1. The molecule has 2 saturated heterocycles. The number of carbonyl (C=O) groups is 2. The van der Waals surface area contributed by atoms with Crippen LogP contribution in [0.3, 0.4) is 0 Å². The summed E-state index contributed by atoms with van der Waals surface area (Å²) < 4.78 is 20.2. The molecular formula is C24H23FN4O3. The first-order valence-corrected chi connectivity index (χ1v) is 10.7. The highest BCUT2D eigenvalue weighted by molar-refractivity contribution is 5.90. The molecule has 1 saturated carbocycles. The molecule has 4 atom stereocenters. The van der Waals surface area contributed by atoms with Crippen molar-refractivity contribution in [1.82, 2.24) is 10.6 Å². The number of amides is 2. The van der Waals surface area contributed by atoms with Crippen LogP contribution in [-0.4, -0.2) is 44.3 Å². The Labute approximate surface area is 185 Å². The van der Waals surface area contributed by atoms with Gasteiger partial charge < -0.3 is 15.4 Å². The number of nitrogens with one attached hydrogen (secondary N) is 2. The lowest BCUT2D eigenvalue weighted by atomic mass is 9.90. The number of benzene rings is 2. The number of cyclic esters (lactones) is 1. The van der Waals surface area contributed by atoms with E-state index in [9.17, 15) is 19.2 Å². The highest BCUT2D eigenvalue weighted by Crippen LogP contribution is 2.61. The largest absolute Gasteiger partial charge is 0.442 e. The fraction of sp³-hybridized carbons (Fsp3) is 0.375. The van der Waals surface area contributed by atoms with Gasteiger partial charge >= 0.3 is 6.09 Å². The predicted octanol–water partition coefficient (Wildman–Crippen LogP) is 2.56. The van der Waals surface area contributed by atoms with Crippen molar-refractivity contribution in [1.29, 1.82) is 5.26 Å². The van der Waals surface area contributed by atoms with E-state index in [1.807, 2.05) is 24.3 Å². The lowest BCUT2D eigenvalue weighted by Gasteiger charge is -2.16. The van der Waals surface area contributed by atoms with Crippen molar-refractivity contribution in [2.75, 3.05) is 31.1 Å². The zero-order valence-corrected chi connectivity index (χ0v) is 17.6. The average molecular weight is 434 g/mol. The first kappa shape index (κ1) is 20.5. The predicted molar refractivity (Wildman–Crippen MR) is 115 cm³/mol. The summed E-state index contributed by atoms with van der Waals surface area (Å²) in [4.78, 5) is 24.6. The summed E-state index contributed by atoms with van der Waals surface area (Å²) in [6.45, 7) is 3.57. The van der Waals surface area contributed by atoms with Gasteiger partial charge in [-0.05, 0) is 29.3 Å². The van der Waals surface area contributed by atoms with E-state index in [0.717, 1.165) is 18.7 Å². The molecule has 164 valence electrons. The number of carbonyl (C=O) groups excluding carboxylic acids is 2. The fourth-order valence-electron chi connectivity index (χ4n) is 5.13. The molecule has 2 aromatic rings. The van der Waals surface area contributed by atoms with Crippen LogP contribution >= 0.6 is 0 Å². The third kappa shape index (κ3) is 3.21. The summed E-state index contributed by atoms with van der Waals surface area (Å²) in [6.07, 6.45) is -1.05. The number of hydrogen-bond acceptors (Lipinski definition) is 5. The molecule has 2 amide bonds. The minimum Gasteiger partial charge on any atom is -0.442 e. The van der Waals surface area contributed by atoms with Crippen molar-refractivity contribution in [2.24, 2.45) is 11.8 Å². The second kappa shape index (κ2) is 7.61. The summed E-state index contributed by atoms with van der Waals surface area (Å²) in [6, 6.07) is 14.7. The summed E-state index contributed by atoms with van der Waals surface area (Å²) >= 11 is 0. The van der Waals surface area contributed by atoms with Gasteiger partial charge in [0.25, 0.3) is 0 Å². The van der Waals surface area contributed by atoms with Crippen molar-refractivity contribution in [3.63, 3.8) is 0 Å². The van der Waals surface area contributed by atoms with Gasteiger partial charge in [0, 0.05) is 37.4 Å². The molecule has 32 heavy (non-hydrogen) atoms. The van der Waals surface area contributed by atoms with Crippen molar-refractivity contribution >= 4 is 17.7 Å². The van der Waals surface area contributed by atoms with Crippen LogP contribution < -0.4 is 15.5 Å². The van der Waals surface area contributed by atoms with Gasteiger partial charge in [0.05, 0.1) is 30.3 Å². The number of nitriles is 1. The van der Waals surface area contributed by atoms with Crippen LogP contribution in [0.4, 0.5) is 14.9 Å². The second-order valence-electron chi connectivity index (χ2n) is 8.65. The molecule has 0 radical (unpaired) electrons. The van der Waals surface area contributed by atoms with Gasteiger partial charge in [-0.25, -0.2) is 9.18 Å². The number of halogens is 1. The minimum atomic E-state index is -0.567. The van der Waals surface area contributed by atoms with Gasteiger partial charge in [0.1, 0.15) is 11.9 Å². The topological polar surface area (TPSA) is 94.5 Å². The molecule has 2 aromatic carbocycles. The van der Waals surface area contributed by atoms with Gasteiger partial charge in [-0.1, -0.05) is 24.3 Å². The molecule has 1 aliphatic carbocycles. The van der Waals surface area contributed by atoms with E-state index in [1.54, 1.807) is 12.1 Å². The van der Waals surface area contributed by atoms with E-state index < -0.39 is 23.4 Å². The van der Waals surface area contributed by atoms with Crippen molar-refractivity contribution < 1.29 is 18.7 Å². The Morgan fingerprint density at radius 2 is 2.00 bits per heavy atom. The Balaban J connectivity index is 1.32. The zero-order chi connectivity index (χ0) is 22.5. The number of hydrogen-bond donors (Lipinski definition) is 2. The summed E-state index contributed by atoms with van der Waals surface area (Å²) in [5.74, 6) is 0.0483. The minimum absolute atomic E-state index is 0.205. The van der Waals surface area contributed by atoms with Crippen LogP contribution in [0, 0.1) is 29.0 Å². The molecule has 2 heterocycles. The molecular weight excluding hydrogens is 411 g/mol. The summed E-state index contributed by atoms with van der Waals surface area (Å²) in [5, 5.41) is 15.7. The maximum Gasteiger partial charge on any atom is 0.414 e. The molecule has 2 N–H and O–H groups in total.